The van der Waals surface area contributed by atoms with Gasteiger partial charge in [0, 0.05) is 29.5 Å². The molecule has 0 unspecified atom stereocenters. The van der Waals surface area contributed by atoms with Crippen molar-refractivity contribution in [3.8, 4) is 22.3 Å². The average Bonchev–Trinajstić information content (AvgIpc) is 2.92. The molecule has 0 saturated carbocycles. The molecule has 0 amide bonds. The number of aryl methyl sites for hydroxylation is 7. The van der Waals surface area contributed by atoms with Crippen LogP contribution < -0.4 is 4.90 Å². The molecule has 2 nitrogen and oxygen atoms in total. The lowest BCUT2D eigenvalue weighted by Crippen LogP contribution is -2.16. The Morgan fingerprint density at radius 1 is 0.548 bits per heavy atom. The molecule has 0 spiro atoms. The Balaban J connectivity index is 1.53. The Hall–Kier alpha value is -4.43. The summed E-state index contributed by atoms with van der Waals surface area (Å²) in [7, 11) is 2.09. The van der Waals surface area contributed by atoms with Gasteiger partial charge in [0.15, 0.2) is 5.78 Å². The molecule has 0 N–H and O–H groups in total. The molecule has 0 aliphatic heterocycles. The molecule has 0 radical (unpaired) electrons. The van der Waals surface area contributed by atoms with E-state index in [-0.39, 0.29) is 5.78 Å². The Morgan fingerprint density at radius 3 is 1.74 bits per heavy atom. The van der Waals surface area contributed by atoms with Crippen LogP contribution in [0.25, 0.3) is 22.3 Å². The summed E-state index contributed by atoms with van der Waals surface area (Å²) in [4.78, 5) is 16.4. The molecule has 0 heterocycles. The maximum absolute atomic E-state index is 14.2. The fraction of sp³-hybridized carbons (Fsp3) is 0.225. The topological polar surface area (TPSA) is 20.3 Å². The van der Waals surface area contributed by atoms with Crippen molar-refractivity contribution in [1.82, 2.24) is 0 Å². The number of ketones is 1. The highest BCUT2D eigenvalue weighted by atomic mass is 16.1. The van der Waals surface area contributed by atoms with Crippen molar-refractivity contribution in [2.75, 3.05) is 11.9 Å². The molecule has 0 aliphatic carbocycles. The molecule has 0 saturated heterocycles. The molecule has 0 aromatic heterocycles. The third-order valence-electron chi connectivity index (χ3n) is 8.61. The second-order valence-corrected chi connectivity index (χ2v) is 11.9. The average molecular weight is 552 g/mol. The second-order valence-electron chi connectivity index (χ2n) is 11.9. The second kappa shape index (κ2) is 11.4. The molecule has 42 heavy (non-hydrogen) atoms. The zero-order chi connectivity index (χ0) is 30.3. The van der Waals surface area contributed by atoms with Crippen molar-refractivity contribution in [2.45, 2.75) is 55.4 Å². The SMILES string of the molecule is Cc1cc(C)c(-c2cccc(C(=O)c3c(C)cc(C)c(N(C)c4ccc(-c5c(C)cccc5C)cc4)c3C)c2)c(C)c1. The maximum atomic E-state index is 14.2. The van der Waals surface area contributed by atoms with Crippen LogP contribution in [0.1, 0.15) is 60.4 Å². The Bertz CT molecular complexity index is 1780. The summed E-state index contributed by atoms with van der Waals surface area (Å²) in [6.45, 7) is 17.0. The van der Waals surface area contributed by atoms with Crippen molar-refractivity contribution < 1.29 is 4.79 Å². The van der Waals surface area contributed by atoms with Crippen LogP contribution in [0.5, 0.6) is 0 Å². The van der Waals surface area contributed by atoms with Crippen LogP contribution in [0, 0.1) is 55.4 Å². The summed E-state index contributed by atoms with van der Waals surface area (Å²) in [5.41, 5.74) is 17.9. The highest BCUT2D eigenvalue weighted by Crippen LogP contribution is 2.37. The predicted molar refractivity (Wildman–Crippen MR) is 180 cm³/mol. The molecule has 0 atom stereocenters. The number of carbonyl (C=O) groups is 1. The number of hydrogen-bond donors (Lipinski definition) is 0. The number of rotatable bonds is 6. The van der Waals surface area contributed by atoms with E-state index in [1.807, 2.05) is 12.1 Å². The normalized spacial score (nSPS) is 11.1. The van der Waals surface area contributed by atoms with E-state index in [1.165, 1.54) is 44.5 Å². The minimum absolute atomic E-state index is 0.0642. The standard InChI is InChI=1S/C40H41NO/c1-24-20-27(4)37(28(5)21-24)33-14-11-15-34(23-33)40(42)38-29(6)22-30(7)39(31(38)8)41(9)35-18-16-32(17-19-35)36-25(2)12-10-13-26(36)3/h10-23H,1-9H3. The minimum Gasteiger partial charge on any atom is -0.344 e. The number of nitrogens with zero attached hydrogens (tertiary/aromatic N) is 1. The first-order chi connectivity index (χ1) is 20.0. The van der Waals surface area contributed by atoms with E-state index in [2.05, 4.69) is 140 Å². The zero-order valence-electron chi connectivity index (χ0n) is 26.4. The van der Waals surface area contributed by atoms with E-state index in [0.717, 1.165) is 39.2 Å². The smallest absolute Gasteiger partial charge is 0.193 e. The summed E-state index contributed by atoms with van der Waals surface area (Å²) in [6.07, 6.45) is 0. The van der Waals surface area contributed by atoms with E-state index >= 15 is 0 Å². The number of hydrogen-bond acceptors (Lipinski definition) is 2. The number of anilines is 2. The Kier molecular flexibility index (Phi) is 7.93. The molecular weight excluding hydrogens is 510 g/mol. The molecule has 0 fully saturated rings. The van der Waals surface area contributed by atoms with Gasteiger partial charge < -0.3 is 4.90 Å². The molecule has 2 heteroatoms. The Morgan fingerprint density at radius 2 is 1.12 bits per heavy atom. The van der Waals surface area contributed by atoms with Gasteiger partial charge in [-0.25, -0.2) is 0 Å². The largest absolute Gasteiger partial charge is 0.344 e. The quantitative estimate of drug-likeness (QED) is 0.196. The Labute approximate surface area is 251 Å². The maximum Gasteiger partial charge on any atom is 0.193 e. The van der Waals surface area contributed by atoms with E-state index in [1.54, 1.807) is 0 Å². The van der Waals surface area contributed by atoms with Gasteiger partial charge in [0.1, 0.15) is 0 Å². The number of carbonyl (C=O) groups excluding carboxylic acids is 1. The van der Waals surface area contributed by atoms with Gasteiger partial charge in [0.25, 0.3) is 0 Å². The molecule has 0 bridgehead atoms. The van der Waals surface area contributed by atoms with E-state index < -0.39 is 0 Å². The first-order valence-corrected chi connectivity index (χ1v) is 14.7. The van der Waals surface area contributed by atoms with Gasteiger partial charge in [0.05, 0.1) is 0 Å². The highest BCUT2D eigenvalue weighted by molar-refractivity contribution is 6.12. The molecule has 212 valence electrons. The zero-order valence-corrected chi connectivity index (χ0v) is 26.4. The van der Waals surface area contributed by atoms with Gasteiger partial charge in [-0.1, -0.05) is 72.3 Å². The summed E-state index contributed by atoms with van der Waals surface area (Å²) >= 11 is 0. The lowest BCUT2D eigenvalue weighted by Gasteiger charge is -2.26. The molecule has 5 aromatic rings. The van der Waals surface area contributed by atoms with Gasteiger partial charge in [-0.2, -0.15) is 0 Å². The lowest BCUT2D eigenvalue weighted by atomic mass is 9.88. The summed E-state index contributed by atoms with van der Waals surface area (Å²) in [5.74, 6) is 0.0642. The van der Waals surface area contributed by atoms with Crippen LogP contribution in [-0.2, 0) is 0 Å². The van der Waals surface area contributed by atoms with Gasteiger partial charge >= 0.3 is 0 Å². The van der Waals surface area contributed by atoms with Crippen LogP contribution in [0.4, 0.5) is 11.4 Å². The first kappa shape index (κ1) is 29.1. The monoisotopic (exact) mass is 551 g/mol. The molecule has 0 aliphatic rings. The van der Waals surface area contributed by atoms with Crippen LogP contribution in [0.15, 0.2) is 84.9 Å². The van der Waals surface area contributed by atoms with Gasteiger partial charge in [0.2, 0.25) is 0 Å². The van der Waals surface area contributed by atoms with Gasteiger partial charge in [-0.3, -0.25) is 4.79 Å². The minimum atomic E-state index is 0.0642. The van der Waals surface area contributed by atoms with E-state index in [9.17, 15) is 4.79 Å². The third-order valence-corrected chi connectivity index (χ3v) is 8.61. The van der Waals surface area contributed by atoms with Gasteiger partial charge in [-0.05, 0) is 135 Å². The highest BCUT2D eigenvalue weighted by Gasteiger charge is 2.22. The fourth-order valence-electron chi connectivity index (χ4n) is 6.89. The summed E-state index contributed by atoms with van der Waals surface area (Å²) in [5, 5.41) is 0. The lowest BCUT2D eigenvalue weighted by molar-refractivity contribution is 0.103. The van der Waals surface area contributed by atoms with Crippen molar-refractivity contribution in [2.24, 2.45) is 0 Å². The van der Waals surface area contributed by atoms with Crippen molar-refractivity contribution in [1.29, 1.82) is 0 Å². The van der Waals surface area contributed by atoms with Crippen molar-refractivity contribution in [3.05, 3.63) is 141 Å². The fourth-order valence-corrected chi connectivity index (χ4v) is 6.89. The van der Waals surface area contributed by atoms with Crippen molar-refractivity contribution >= 4 is 17.2 Å². The molecule has 5 rings (SSSR count). The van der Waals surface area contributed by atoms with Crippen LogP contribution >= 0.6 is 0 Å². The third kappa shape index (κ3) is 5.30. The summed E-state index contributed by atoms with van der Waals surface area (Å²) < 4.78 is 0. The van der Waals surface area contributed by atoms with Crippen LogP contribution in [0.3, 0.4) is 0 Å². The van der Waals surface area contributed by atoms with Gasteiger partial charge in [-0.15, -0.1) is 0 Å². The number of benzene rings is 5. The first-order valence-electron chi connectivity index (χ1n) is 14.7. The van der Waals surface area contributed by atoms with E-state index in [4.69, 9.17) is 0 Å². The summed E-state index contributed by atoms with van der Waals surface area (Å²) in [6, 6.07) is 29.9. The predicted octanol–water partition coefficient (Wildman–Crippen LogP) is 10.5. The van der Waals surface area contributed by atoms with E-state index in [0.29, 0.717) is 5.56 Å². The van der Waals surface area contributed by atoms with Crippen LogP contribution in [-0.4, -0.2) is 12.8 Å². The molecule has 5 aromatic carbocycles. The molecular formula is C40H41NO. The van der Waals surface area contributed by atoms with Crippen molar-refractivity contribution in [3.63, 3.8) is 0 Å². The van der Waals surface area contributed by atoms with Crippen LogP contribution in [0.2, 0.25) is 0 Å².